The predicted octanol–water partition coefficient (Wildman–Crippen LogP) is 4.95. The summed E-state index contributed by atoms with van der Waals surface area (Å²) in [5.41, 5.74) is 0.337. The van der Waals surface area contributed by atoms with Gasteiger partial charge in [-0.2, -0.15) is 0 Å². The van der Waals surface area contributed by atoms with Crippen LogP contribution >= 0.6 is 23.2 Å². The number of hydrogen-bond acceptors (Lipinski definition) is 7. The Morgan fingerprint density at radius 1 is 1.09 bits per heavy atom. The Bertz CT molecular complexity index is 1290. The molecule has 1 aromatic heterocycles. The molecule has 0 bridgehead atoms. The lowest BCUT2D eigenvalue weighted by Gasteiger charge is -2.23. The second-order valence-corrected chi connectivity index (χ2v) is 8.01. The van der Waals surface area contributed by atoms with Crippen LogP contribution in [0.1, 0.15) is 17.4 Å². The average molecular weight is 488 g/mol. The summed E-state index contributed by atoms with van der Waals surface area (Å²) in [6.45, 7) is 0.0538. The number of ether oxygens (including phenoxy) is 3. The molecule has 3 aromatic rings. The van der Waals surface area contributed by atoms with Crippen LogP contribution in [0.25, 0.3) is 5.76 Å². The molecule has 168 valence electrons. The zero-order valence-corrected chi connectivity index (χ0v) is 18.5. The first-order valence-corrected chi connectivity index (χ1v) is 10.4. The van der Waals surface area contributed by atoms with Gasteiger partial charge in [0.1, 0.15) is 17.6 Å². The SMILES string of the molecule is COc1c(Cl)cc(/C(O)=C2/C(=O)C(=O)N(c3ccc4c(c3)OCO4)C2c2ccco2)cc1Cl. The summed E-state index contributed by atoms with van der Waals surface area (Å²) < 4.78 is 21.4. The average Bonchev–Trinajstić information content (AvgIpc) is 3.53. The summed E-state index contributed by atoms with van der Waals surface area (Å²) in [7, 11) is 1.40. The zero-order chi connectivity index (χ0) is 23.3. The first kappa shape index (κ1) is 21.2. The number of Topliss-reactive ketones (excluding diaryl/α,β-unsaturated/α-hetero) is 1. The number of halogens is 2. The maximum atomic E-state index is 13.1. The minimum absolute atomic E-state index is 0.0538. The summed E-state index contributed by atoms with van der Waals surface area (Å²) >= 11 is 12.4. The van der Waals surface area contributed by atoms with Gasteiger partial charge in [-0.25, -0.2) is 0 Å². The number of ketones is 1. The van der Waals surface area contributed by atoms with Gasteiger partial charge in [-0.1, -0.05) is 23.2 Å². The van der Waals surface area contributed by atoms with Crippen LogP contribution in [0.4, 0.5) is 5.69 Å². The Morgan fingerprint density at radius 2 is 1.82 bits per heavy atom. The van der Waals surface area contributed by atoms with Crippen LogP contribution in [0.15, 0.2) is 58.7 Å². The second-order valence-electron chi connectivity index (χ2n) is 7.20. The van der Waals surface area contributed by atoms with Crippen molar-refractivity contribution < 1.29 is 33.3 Å². The minimum Gasteiger partial charge on any atom is -0.507 e. The van der Waals surface area contributed by atoms with Crippen molar-refractivity contribution in [2.45, 2.75) is 6.04 Å². The van der Waals surface area contributed by atoms with E-state index in [4.69, 9.17) is 41.8 Å². The maximum absolute atomic E-state index is 13.1. The van der Waals surface area contributed by atoms with Gasteiger partial charge in [0.05, 0.1) is 29.0 Å². The van der Waals surface area contributed by atoms with Crippen molar-refractivity contribution in [3.8, 4) is 17.2 Å². The van der Waals surface area contributed by atoms with E-state index in [0.29, 0.717) is 17.2 Å². The quantitative estimate of drug-likeness (QED) is 0.315. The van der Waals surface area contributed by atoms with E-state index >= 15 is 0 Å². The number of carbonyl (C=O) groups is 2. The molecule has 0 aliphatic carbocycles. The van der Waals surface area contributed by atoms with E-state index in [1.807, 2.05) is 0 Å². The standard InChI is InChI=1S/C23H15Cl2NO7/c1-30-22-13(24)7-11(8-14(22)25)20(27)18-19(16-3-2-6-31-16)26(23(29)21(18)28)12-4-5-15-17(9-12)33-10-32-15/h2-9,19,27H,10H2,1H3/b20-18-. The molecule has 1 saturated heterocycles. The van der Waals surface area contributed by atoms with Gasteiger partial charge in [0.2, 0.25) is 6.79 Å². The van der Waals surface area contributed by atoms with Crippen molar-refractivity contribution in [1.82, 2.24) is 0 Å². The largest absolute Gasteiger partial charge is 0.507 e. The molecule has 1 N–H and O–H groups in total. The van der Waals surface area contributed by atoms with Crippen LogP contribution in [0.2, 0.25) is 10.0 Å². The topological polar surface area (TPSA) is 98.4 Å². The number of aliphatic hydroxyl groups excluding tert-OH is 1. The number of aliphatic hydroxyl groups is 1. The van der Waals surface area contributed by atoms with Gasteiger partial charge < -0.3 is 23.7 Å². The van der Waals surface area contributed by atoms with Gasteiger partial charge in [0, 0.05) is 17.3 Å². The summed E-state index contributed by atoms with van der Waals surface area (Å²) in [6.07, 6.45) is 1.41. The third-order valence-corrected chi connectivity index (χ3v) is 5.93. The smallest absolute Gasteiger partial charge is 0.300 e. The number of furan rings is 1. The highest BCUT2D eigenvalue weighted by molar-refractivity contribution is 6.51. The van der Waals surface area contributed by atoms with Gasteiger partial charge >= 0.3 is 0 Å². The lowest BCUT2D eigenvalue weighted by atomic mass is 9.99. The molecular weight excluding hydrogens is 473 g/mol. The molecule has 2 aromatic carbocycles. The molecule has 5 rings (SSSR count). The molecule has 0 spiro atoms. The number of fused-ring (bicyclic) bond motifs is 1. The van der Waals surface area contributed by atoms with Gasteiger partial charge in [-0.15, -0.1) is 0 Å². The number of nitrogens with zero attached hydrogens (tertiary/aromatic N) is 1. The fourth-order valence-electron chi connectivity index (χ4n) is 3.90. The van der Waals surface area contributed by atoms with E-state index < -0.39 is 23.5 Å². The maximum Gasteiger partial charge on any atom is 0.300 e. The summed E-state index contributed by atoms with van der Waals surface area (Å²) in [5, 5.41) is 11.4. The first-order chi connectivity index (χ1) is 15.9. The molecule has 1 amide bonds. The highest BCUT2D eigenvalue weighted by Gasteiger charge is 2.48. The Balaban J connectivity index is 1.69. The van der Waals surface area contributed by atoms with Crippen LogP contribution in [0.3, 0.4) is 0 Å². The number of anilines is 1. The highest BCUT2D eigenvalue weighted by Crippen LogP contribution is 2.45. The minimum atomic E-state index is -1.04. The van der Waals surface area contributed by atoms with Crippen LogP contribution in [0.5, 0.6) is 17.2 Å². The van der Waals surface area contributed by atoms with E-state index in [0.717, 1.165) is 0 Å². The summed E-state index contributed by atoms with van der Waals surface area (Å²) in [6, 6.07) is 9.83. The number of benzene rings is 2. The van der Waals surface area contributed by atoms with Crippen LogP contribution in [-0.2, 0) is 9.59 Å². The van der Waals surface area contributed by atoms with Crippen molar-refractivity contribution in [2.24, 2.45) is 0 Å². The van der Waals surface area contributed by atoms with E-state index in [9.17, 15) is 14.7 Å². The number of hydrogen-bond donors (Lipinski definition) is 1. The highest BCUT2D eigenvalue weighted by atomic mass is 35.5. The lowest BCUT2D eigenvalue weighted by molar-refractivity contribution is -0.132. The van der Waals surface area contributed by atoms with Crippen molar-refractivity contribution >= 4 is 46.3 Å². The Hall–Kier alpha value is -3.62. The molecule has 0 saturated carbocycles. The molecular formula is C23H15Cl2NO7. The van der Waals surface area contributed by atoms with Gasteiger partial charge in [0.25, 0.3) is 11.7 Å². The van der Waals surface area contributed by atoms with E-state index in [1.54, 1.807) is 30.3 Å². The predicted molar refractivity (Wildman–Crippen MR) is 119 cm³/mol. The molecule has 33 heavy (non-hydrogen) atoms. The lowest BCUT2D eigenvalue weighted by Crippen LogP contribution is -2.29. The summed E-state index contributed by atoms with van der Waals surface area (Å²) in [5.74, 6) is -0.743. The van der Waals surface area contributed by atoms with Gasteiger partial charge in [-0.3, -0.25) is 14.5 Å². The van der Waals surface area contributed by atoms with Gasteiger partial charge in [-0.05, 0) is 36.4 Å². The second kappa shape index (κ2) is 8.06. The van der Waals surface area contributed by atoms with Gasteiger partial charge in [0.15, 0.2) is 17.2 Å². The van der Waals surface area contributed by atoms with Crippen molar-refractivity contribution in [3.05, 3.63) is 75.7 Å². The van der Waals surface area contributed by atoms with Crippen LogP contribution in [-0.4, -0.2) is 30.7 Å². The third-order valence-electron chi connectivity index (χ3n) is 5.37. The van der Waals surface area contributed by atoms with E-state index in [2.05, 4.69) is 0 Å². The van der Waals surface area contributed by atoms with Crippen molar-refractivity contribution in [1.29, 1.82) is 0 Å². The third kappa shape index (κ3) is 3.39. The Labute approximate surface area is 197 Å². The molecule has 2 aliphatic rings. The molecule has 3 heterocycles. The number of methoxy groups -OCH3 is 1. The van der Waals surface area contributed by atoms with E-state index in [-0.39, 0.29) is 39.5 Å². The molecule has 10 heteroatoms. The number of rotatable bonds is 4. The van der Waals surface area contributed by atoms with E-state index in [1.165, 1.54) is 30.4 Å². The van der Waals surface area contributed by atoms with Crippen molar-refractivity contribution in [3.63, 3.8) is 0 Å². The molecule has 2 aliphatic heterocycles. The normalized spacial score (nSPS) is 18.8. The fraction of sp³-hybridized carbons (Fsp3) is 0.130. The molecule has 0 radical (unpaired) electrons. The monoisotopic (exact) mass is 487 g/mol. The van der Waals surface area contributed by atoms with Crippen LogP contribution < -0.4 is 19.1 Å². The number of amides is 1. The molecule has 1 unspecified atom stereocenters. The molecule has 1 fully saturated rings. The first-order valence-electron chi connectivity index (χ1n) is 9.68. The van der Waals surface area contributed by atoms with Crippen molar-refractivity contribution in [2.75, 3.05) is 18.8 Å². The molecule has 8 nitrogen and oxygen atoms in total. The Kier molecular flexibility index (Phi) is 5.19. The summed E-state index contributed by atoms with van der Waals surface area (Å²) in [4.78, 5) is 27.5. The fourth-order valence-corrected chi connectivity index (χ4v) is 4.54. The number of carbonyl (C=O) groups excluding carboxylic acids is 2. The van der Waals surface area contributed by atoms with Crippen LogP contribution in [0, 0.1) is 0 Å². The Morgan fingerprint density at radius 3 is 2.48 bits per heavy atom. The zero-order valence-electron chi connectivity index (χ0n) is 17.0. The molecule has 1 atom stereocenters.